The van der Waals surface area contributed by atoms with E-state index in [0.29, 0.717) is 10.3 Å². The molecule has 0 saturated heterocycles. The largest absolute Gasteiger partial charge is 0.295 e. The summed E-state index contributed by atoms with van der Waals surface area (Å²) in [6, 6.07) is 7.62. The van der Waals surface area contributed by atoms with Crippen LogP contribution in [0.2, 0.25) is 10.3 Å². The van der Waals surface area contributed by atoms with Gasteiger partial charge in [0.1, 0.15) is 10.3 Å². The third kappa shape index (κ3) is 4.46. The van der Waals surface area contributed by atoms with Crippen molar-refractivity contribution < 1.29 is 0 Å². The second kappa shape index (κ2) is 6.85. The molecule has 2 heterocycles. The van der Waals surface area contributed by atoms with E-state index in [1.54, 1.807) is 0 Å². The molecule has 0 aliphatic heterocycles. The van der Waals surface area contributed by atoms with Gasteiger partial charge in [-0.25, -0.2) is 9.97 Å². The van der Waals surface area contributed by atoms with E-state index in [1.807, 2.05) is 36.7 Å². The predicted octanol–water partition coefficient (Wildman–Crippen LogP) is 3.81. The van der Waals surface area contributed by atoms with Crippen LogP contribution in [0.5, 0.6) is 0 Å². The minimum atomic E-state index is 0.522. The van der Waals surface area contributed by atoms with Gasteiger partial charge in [0, 0.05) is 25.5 Å². The topological polar surface area (TPSA) is 29.0 Å². The van der Waals surface area contributed by atoms with Crippen LogP contribution in [-0.2, 0) is 13.1 Å². The Morgan fingerprint density at radius 1 is 0.895 bits per heavy atom. The first-order valence-corrected chi connectivity index (χ1v) is 6.86. The normalized spacial score (nSPS) is 10.9. The Morgan fingerprint density at radius 2 is 1.37 bits per heavy atom. The highest BCUT2D eigenvalue weighted by molar-refractivity contribution is 6.29. The van der Waals surface area contributed by atoms with Crippen LogP contribution >= 0.6 is 23.2 Å². The van der Waals surface area contributed by atoms with E-state index in [2.05, 4.69) is 21.8 Å². The van der Waals surface area contributed by atoms with Crippen LogP contribution < -0.4 is 0 Å². The lowest BCUT2D eigenvalue weighted by Crippen LogP contribution is -2.22. The third-order valence-electron chi connectivity index (χ3n) is 2.84. The van der Waals surface area contributed by atoms with Crippen molar-refractivity contribution in [2.45, 2.75) is 20.0 Å². The van der Waals surface area contributed by atoms with Crippen LogP contribution in [-0.4, -0.2) is 21.4 Å². The van der Waals surface area contributed by atoms with Crippen molar-refractivity contribution in [2.75, 3.05) is 6.54 Å². The lowest BCUT2D eigenvalue weighted by Gasteiger charge is -2.20. The van der Waals surface area contributed by atoms with Crippen molar-refractivity contribution in [2.24, 2.45) is 0 Å². The van der Waals surface area contributed by atoms with Gasteiger partial charge in [-0.05, 0) is 29.8 Å². The van der Waals surface area contributed by atoms with Gasteiger partial charge >= 0.3 is 0 Å². The average Bonchev–Trinajstić information content (AvgIpc) is 2.43. The molecule has 0 bridgehead atoms. The van der Waals surface area contributed by atoms with E-state index < -0.39 is 0 Å². The standard InChI is InChI=1S/C14H15Cl2N3/c1-2-19(9-11-3-5-13(15)17-7-11)10-12-4-6-14(16)18-8-12/h3-8H,2,9-10H2,1H3. The van der Waals surface area contributed by atoms with Crippen molar-refractivity contribution in [3.63, 3.8) is 0 Å². The summed E-state index contributed by atoms with van der Waals surface area (Å²) < 4.78 is 0. The quantitative estimate of drug-likeness (QED) is 0.786. The Kier molecular flexibility index (Phi) is 5.14. The number of nitrogens with zero attached hydrogens (tertiary/aromatic N) is 3. The molecule has 0 atom stereocenters. The first-order chi connectivity index (χ1) is 9.17. The van der Waals surface area contributed by atoms with Crippen LogP contribution in [0.1, 0.15) is 18.1 Å². The summed E-state index contributed by atoms with van der Waals surface area (Å²) in [7, 11) is 0. The van der Waals surface area contributed by atoms with Gasteiger partial charge in [0.25, 0.3) is 0 Å². The fourth-order valence-corrected chi connectivity index (χ4v) is 2.02. The van der Waals surface area contributed by atoms with E-state index in [0.717, 1.165) is 30.8 Å². The fraction of sp³-hybridized carbons (Fsp3) is 0.286. The summed E-state index contributed by atoms with van der Waals surface area (Å²) in [6.07, 6.45) is 3.62. The van der Waals surface area contributed by atoms with Crippen molar-refractivity contribution in [3.8, 4) is 0 Å². The van der Waals surface area contributed by atoms with Crippen molar-refractivity contribution in [3.05, 3.63) is 58.1 Å². The number of pyridine rings is 2. The zero-order chi connectivity index (χ0) is 13.7. The minimum Gasteiger partial charge on any atom is -0.295 e. The molecule has 3 nitrogen and oxygen atoms in total. The van der Waals surface area contributed by atoms with Gasteiger partial charge in [-0.3, -0.25) is 4.90 Å². The van der Waals surface area contributed by atoms with Gasteiger partial charge in [0.2, 0.25) is 0 Å². The summed E-state index contributed by atoms with van der Waals surface area (Å²) in [4.78, 5) is 10.5. The number of halogens is 2. The Labute approximate surface area is 123 Å². The molecule has 0 saturated carbocycles. The molecule has 100 valence electrons. The summed E-state index contributed by atoms with van der Waals surface area (Å²) in [6.45, 7) is 4.75. The molecular weight excluding hydrogens is 281 g/mol. The Morgan fingerprint density at radius 3 is 1.68 bits per heavy atom. The average molecular weight is 296 g/mol. The van der Waals surface area contributed by atoms with Gasteiger partial charge in [-0.2, -0.15) is 0 Å². The van der Waals surface area contributed by atoms with E-state index >= 15 is 0 Å². The molecule has 5 heteroatoms. The number of hydrogen-bond donors (Lipinski definition) is 0. The van der Waals surface area contributed by atoms with Crippen LogP contribution in [0.3, 0.4) is 0 Å². The van der Waals surface area contributed by atoms with Crippen molar-refractivity contribution >= 4 is 23.2 Å². The molecule has 0 aliphatic carbocycles. The molecule has 2 rings (SSSR count). The fourth-order valence-electron chi connectivity index (χ4n) is 1.80. The van der Waals surface area contributed by atoms with E-state index in [-0.39, 0.29) is 0 Å². The second-order valence-corrected chi connectivity index (χ2v) is 5.06. The summed E-state index contributed by atoms with van der Waals surface area (Å²) in [5.41, 5.74) is 2.29. The second-order valence-electron chi connectivity index (χ2n) is 4.28. The highest BCUT2D eigenvalue weighted by Crippen LogP contribution is 2.12. The Balaban J connectivity index is 2.00. The number of aromatic nitrogens is 2. The molecule has 0 aromatic carbocycles. The predicted molar refractivity (Wildman–Crippen MR) is 78.3 cm³/mol. The molecule has 0 fully saturated rings. The molecule has 2 aromatic heterocycles. The lowest BCUT2D eigenvalue weighted by molar-refractivity contribution is 0.271. The molecule has 0 amide bonds. The van der Waals surface area contributed by atoms with Gasteiger partial charge in [0.15, 0.2) is 0 Å². The molecule has 0 N–H and O–H groups in total. The molecule has 19 heavy (non-hydrogen) atoms. The molecule has 0 aliphatic rings. The van der Waals surface area contributed by atoms with Crippen LogP contribution in [0.25, 0.3) is 0 Å². The first kappa shape index (κ1) is 14.3. The van der Waals surface area contributed by atoms with E-state index in [9.17, 15) is 0 Å². The zero-order valence-corrected chi connectivity index (χ0v) is 12.2. The molecule has 0 unspecified atom stereocenters. The summed E-state index contributed by atoms with van der Waals surface area (Å²) >= 11 is 11.6. The molecular formula is C14H15Cl2N3. The van der Waals surface area contributed by atoms with Crippen molar-refractivity contribution in [1.29, 1.82) is 0 Å². The van der Waals surface area contributed by atoms with Crippen molar-refractivity contribution in [1.82, 2.24) is 14.9 Å². The summed E-state index contributed by atoms with van der Waals surface area (Å²) in [5, 5.41) is 1.04. The zero-order valence-electron chi connectivity index (χ0n) is 10.7. The maximum absolute atomic E-state index is 5.78. The SMILES string of the molecule is CCN(Cc1ccc(Cl)nc1)Cc1ccc(Cl)nc1. The third-order valence-corrected chi connectivity index (χ3v) is 3.28. The molecule has 2 aromatic rings. The van der Waals surface area contributed by atoms with Crippen LogP contribution in [0.15, 0.2) is 36.7 Å². The van der Waals surface area contributed by atoms with Gasteiger partial charge in [-0.15, -0.1) is 0 Å². The van der Waals surface area contributed by atoms with Gasteiger partial charge in [-0.1, -0.05) is 42.3 Å². The van der Waals surface area contributed by atoms with E-state index in [4.69, 9.17) is 23.2 Å². The first-order valence-electron chi connectivity index (χ1n) is 6.10. The highest BCUT2D eigenvalue weighted by Gasteiger charge is 2.06. The Bertz CT molecular complexity index is 464. The number of rotatable bonds is 5. The maximum atomic E-state index is 5.78. The smallest absolute Gasteiger partial charge is 0.129 e. The van der Waals surface area contributed by atoms with Crippen LogP contribution in [0.4, 0.5) is 0 Å². The maximum Gasteiger partial charge on any atom is 0.129 e. The van der Waals surface area contributed by atoms with E-state index in [1.165, 1.54) is 0 Å². The van der Waals surface area contributed by atoms with Gasteiger partial charge < -0.3 is 0 Å². The molecule has 0 spiro atoms. The summed E-state index contributed by atoms with van der Waals surface area (Å²) in [5.74, 6) is 0. The lowest BCUT2D eigenvalue weighted by atomic mass is 10.2. The highest BCUT2D eigenvalue weighted by atomic mass is 35.5. The minimum absolute atomic E-state index is 0.522. The monoisotopic (exact) mass is 295 g/mol. The van der Waals surface area contributed by atoms with Crippen LogP contribution in [0, 0.1) is 0 Å². The Hall–Kier alpha value is -1.16. The molecule has 0 radical (unpaired) electrons. The van der Waals surface area contributed by atoms with Gasteiger partial charge in [0.05, 0.1) is 0 Å². The number of hydrogen-bond acceptors (Lipinski definition) is 3.